The summed E-state index contributed by atoms with van der Waals surface area (Å²) >= 11 is 0. The molecular weight excluding hydrogens is 392 g/mol. The highest BCUT2D eigenvalue weighted by Gasteiger charge is 2.46. The van der Waals surface area contributed by atoms with E-state index in [1.54, 1.807) is 36.1 Å². The van der Waals surface area contributed by atoms with Crippen LogP contribution in [-0.2, 0) is 16.0 Å². The number of nitrogens with one attached hydrogen (secondary N) is 2. The Morgan fingerprint density at radius 2 is 1.68 bits per heavy atom. The van der Waals surface area contributed by atoms with Crippen molar-refractivity contribution in [2.45, 2.75) is 38.1 Å². The van der Waals surface area contributed by atoms with Crippen LogP contribution in [-0.4, -0.2) is 47.8 Å². The molecular formula is C24H28N4O3. The predicted molar refractivity (Wildman–Crippen MR) is 118 cm³/mol. The molecule has 2 aromatic rings. The van der Waals surface area contributed by atoms with Crippen LogP contribution >= 0.6 is 0 Å². The summed E-state index contributed by atoms with van der Waals surface area (Å²) < 4.78 is 0. The van der Waals surface area contributed by atoms with Gasteiger partial charge in [0, 0.05) is 24.3 Å². The standard InChI is InChI=1S/C24H28N4O3/c1-24(14-8-16-28(24)22(30)19-10-3-2-4-11-19)23(31)26-25-21(29)17-27-15-7-12-18-9-5-6-13-20(18)27/h2-6,9-11,13H,7-8,12,14-17H2,1H3,(H,25,29)(H,26,31). The van der Waals surface area contributed by atoms with Gasteiger partial charge in [-0.05, 0) is 56.4 Å². The highest BCUT2D eigenvalue weighted by molar-refractivity contribution is 6.00. The van der Waals surface area contributed by atoms with Gasteiger partial charge in [0.25, 0.3) is 17.7 Å². The molecule has 1 fully saturated rings. The fraction of sp³-hybridized carbons (Fsp3) is 0.375. The van der Waals surface area contributed by atoms with Crippen molar-refractivity contribution in [1.29, 1.82) is 0 Å². The molecule has 2 aliphatic rings. The van der Waals surface area contributed by atoms with Gasteiger partial charge in [0.2, 0.25) is 0 Å². The van der Waals surface area contributed by atoms with E-state index in [0.29, 0.717) is 18.5 Å². The summed E-state index contributed by atoms with van der Waals surface area (Å²) in [7, 11) is 0. The van der Waals surface area contributed by atoms with Crippen LogP contribution in [0.4, 0.5) is 5.69 Å². The topological polar surface area (TPSA) is 81.8 Å². The number of carbonyl (C=O) groups excluding carboxylic acids is 3. The van der Waals surface area contributed by atoms with Crippen LogP contribution in [0.3, 0.4) is 0 Å². The van der Waals surface area contributed by atoms with Gasteiger partial charge in [0.15, 0.2) is 0 Å². The number of likely N-dealkylation sites (tertiary alicyclic amines) is 1. The quantitative estimate of drug-likeness (QED) is 0.744. The van der Waals surface area contributed by atoms with Crippen molar-refractivity contribution in [3.8, 4) is 0 Å². The Hall–Kier alpha value is -3.35. The van der Waals surface area contributed by atoms with Crippen LogP contribution in [0.15, 0.2) is 54.6 Å². The molecule has 0 saturated carbocycles. The molecule has 0 radical (unpaired) electrons. The summed E-state index contributed by atoms with van der Waals surface area (Å²) in [4.78, 5) is 42.1. The number of benzene rings is 2. The molecule has 1 atom stereocenters. The first-order valence-electron chi connectivity index (χ1n) is 10.8. The van der Waals surface area contributed by atoms with Crippen molar-refractivity contribution in [2.75, 3.05) is 24.5 Å². The van der Waals surface area contributed by atoms with Crippen LogP contribution in [0, 0.1) is 0 Å². The van der Waals surface area contributed by atoms with Gasteiger partial charge in [-0.2, -0.15) is 0 Å². The van der Waals surface area contributed by atoms with Crippen molar-refractivity contribution in [1.82, 2.24) is 15.8 Å². The van der Waals surface area contributed by atoms with E-state index in [9.17, 15) is 14.4 Å². The van der Waals surface area contributed by atoms with E-state index in [2.05, 4.69) is 16.9 Å². The molecule has 2 aliphatic heterocycles. The van der Waals surface area contributed by atoms with Gasteiger partial charge in [-0.25, -0.2) is 0 Å². The van der Waals surface area contributed by atoms with Gasteiger partial charge < -0.3 is 9.80 Å². The Labute approximate surface area is 182 Å². The number of para-hydroxylation sites is 1. The Morgan fingerprint density at radius 3 is 2.48 bits per heavy atom. The average Bonchev–Trinajstić information content (AvgIpc) is 3.20. The first kappa shape index (κ1) is 20.9. The van der Waals surface area contributed by atoms with Crippen molar-refractivity contribution in [3.63, 3.8) is 0 Å². The van der Waals surface area contributed by atoms with E-state index in [-0.39, 0.29) is 24.3 Å². The zero-order valence-corrected chi connectivity index (χ0v) is 17.8. The Kier molecular flexibility index (Phi) is 5.93. The Morgan fingerprint density at radius 1 is 0.935 bits per heavy atom. The third-order valence-electron chi connectivity index (χ3n) is 6.25. The number of aryl methyl sites for hydroxylation is 1. The average molecular weight is 421 g/mol. The smallest absolute Gasteiger partial charge is 0.264 e. The largest absolute Gasteiger partial charge is 0.362 e. The zero-order chi connectivity index (χ0) is 21.8. The number of amides is 3. The van der Waals surface area contributed by atoms with Crippen molar-refractivity contribution < 1.29 is 14.4 Å². The molecule has 3 amide bonds. The molecule has 2 heterocycles. The van der Waals surface area contributed by atoms with Crippen molar-refractivity contribution >= 4 is 23.4 Å². The highest BCUT2D eigenvalue weighted by Crippen LogP contribution is 2.31. The van der Waals surface area contributed by atoms with Crippen molar-refractivity contribution in [3.05, 3.63) is 65.7 Å². The van der Waals surface area contributed by atoms with E-state index in [1.165, 1.54) is 5.56 Å². The van der Waals surface area contributed by atoms with Gasteiger partial charge in [-0.15, -0.1) is 0 Å². The first-order chi connectivity index (χ1) is 15.0. The van der Waals surface area contributed by atoms with E-state index in [0.717, 1.165) is 31.5 Å². The molecule has 31 heavy (non-hydrogen) atoms. The Balaban J connectivity index is 1.37. The highest BCUT2D eigenvalue weighted by atomic mass is 16.2. The fourth-order valence-corrected chi connectivity index (χ4v) is 4.51. The molecule has 2 N–H and O–H groups in total. The first-order valence-corrected chi connectivity index (χ1v) is 10.8. The van der Waals surface area contributed by atoms with Crippen molar-refractivity contribution in [2.24, 2.45) is 0 Å². The van der Waals surface area contributed by atoms with E-state index >= 15 is 0 Å². The monoisotopic (exact) mass is 420 g/mol. The lowest BCUT2D eigenvalue weighted by Gasteiger charge is -2.34. The molecule has 1 unspecified atom stereocenters. The van der Waals surface area contributed by atoms with Gasteiger partial charge in [-0.1, -0.05) is 36.4 Å². The number of anilines is 1. The molecule has 1 saturated heterocycles. The normalized spacial score (nSPS) is 20.2. The van der Waals surface area contributed by atoms with Gasteiger partial charge in [0.1, 0.15) is 5.54 Å². The third kappa shape index (κ3) is 4.26. The summed E-state index contributed by atoms with van der Waals surface area (Å²) in [6.07, 6.45) is 3.29. The number of hydrogen-bond donors (Lipinski definition) is 2. The summed E-state index contributed by atoms with van der Waals surface area (Å²) in [5.41, 5.74) is 6.95. The van der Waals surface area contributed by atoms with E-state index in [4.69, 9.17) is 0 Å². The Bertz CT molecular complexity index is 978. The molecule has 7 nitrogen and oxygen atoms in total. The van der Waals surface area contributed by atoms with E-state index < -0.39 is 5.54 Å². The fourth-order valence-electron chi connectivity index (χ4n) is 4.51. The van der Waals surface area contributed by atoms with Crippen LogP contribution in [0.25, 0.3) is 0 Å². The molecule has 2 aromatic carbocycles. The van der Waals surface area contributed by atoms with Gasteiger partial charge in [-0.3, -0.25) is 25.2 Å². The SMILES string of the molecule is CC1(C(=O)NNC(=O)CN2CCCc3ccccc32)CCCN1C(=O)c1ccccc1. The molecule has 162 valence electrons. The number of hydrogen-bond acceptors (Lipinski definition) is 4. The molecule has 0 bridgehead atoms. The number of rotatable bonds is 4. The molecule has 0 aliphatic carbocycles. The van der Waals surface area contributed by atoms with Crippen LogP contribution in [0.2, 0.25) is 0 Å². The number of fused-ring (bicyclic) bond motifs is 1. The second-order valence-corrected chi connectivity index (χ2v) is 8.36. The molecule has 0 spiro atoms. The molecule has 4 rings (SSSR count). The summed E-state index contributed by atoms with van der Waals surface area (Å²) in [5, 5.41) is 0. The number of nitrogens with zero attached hydrogens (tertiary/aromatic N) is 2. The van der Waals surface area contributed by atoms with Crippen LogP contribution in [0.5, 0.6) is 0 Å². The maximum Gasteiger partial charge on any atom is 0.264 e. The summed E-state index contributed by atoms with van der Waals surface area (Å²) in [6.45, 7) is 3.23. The minimum atomic E-state index is -1.00. The lowest BCUT2D eigenvalue weighted by Crippen LogP contribution is -2.59. The number of hydrazine groups is 1. The van der Waals surface area contributed by atoms with E-state index in [1.807, 2.05) is 29.2 Å². The second kappa shape index (κ2) is 8.79. The molecule has 0 aromatic heterocycles. The maximum atomic E-state index is 13.0. The van der Waals surface area contributed by atoms with Gasteiger partial charge >= 0.3 is 0 Å². The minimum absolute atomic E-state index is 0.167. The molecule has 7 heteroatoms. The number of carbonyl (C=O) groups is 3. The van der Waals surface area contributed by atoms with Gasteiger partial charge in [0.05, 0.1) is 6.54 Å². The maximum absolute atomic E-state index is 13.0. The summed E-state index contributed by atoms with van der Waals surface area (Å²) in [6, 6.07) is 17.0. The lowest BCUT2D eigenvalue weighted by molar-refractivity contribution is -0.134. The minimum Gasteiger partial charge on any atom is -0.362 e. The summed E-state index contributed by atoms with van der Waals surface area (Å²) in [5.74, 6) is -0.832. The predicted octanol–water partition coefficient (Wildman–Crippen LogP) is 2.28. The zero-order valence-electron chi connectivity index (χ0n) is 17.8. The second-order valence-electron chi connectivity index (χ2n) is 8.36. The third-order valence-corrected chi connectivity index (χ3v) is 6.25. The van der Waals surface area contributed by atoms with Crippen LogP contribution < -0.4 is 15.8 Å². The van der Waals surface area contributed by atoms with Crippen LogP contribution in [0.1, 0.15) is 42.1 Å². The lowest BCUT2D eigenvalue weighted by atomic mass is 9.97.